The van der Waals surface area contributed by atoms with Crippen LogP contribution in [-0.4, -0.2) is 68.1 Å². The quantitative estimate of drug-likeness (QED) is 0.140. The van der Waals surface area contributed by atoms with E-state index >= 15 is 0 Å². The normalized spacial score (nSPS) is 20.5. The maximum atomic E-state index is 14.8. The summed E-state index contributed by atoms with van der Waals surface area (Å²) >= 11 is 0. The van der Waals surface area contributed by atoms with Crippen molar-refractivity contribution in [2.24, 2.45) is 13.0 Å². The molecule has 2 fully saturated rings. The van der Waals surface area contributed by atoms with E-state index in [-0.39, 0.29) is 17.6 Å². The predicted molar refractivity (Wildman–Crippen MR) is 241 cm³/mol. The molecular formula is C49H52N10O4. The highest BCUT2D eigenvalue weighted by Gasteiger charge is 2.58. The molecule has 322 valence electrons. The number of imidazole rings is 1. The molecule has 0 spiro atoms. The van der Waals surface area contributed by atoms with Crippen LogP contribution in [-0.2, 0) is 36.7 Å². The van der Waals surface area contributed by atoms with Gasteiger partial charge < -0.3 is 9.30 Å². The minimum Gasteiger partial charge on any atom is -0.381 e. The molecule has 14 heteroatoms. The minimum absolute atomic E-state index is 0.120. The number of H-pyrrole nitrogens is 1. The van der Waals surface area contributed by atoms with Crippen LogP contribution in [0.25, 0.3) is 39.0 Å². The van der Waals surface area contributed by atoms with Gasteiger partial charge >= 0.3 is 11.4 Å². The van der Waals surface area contributed by atoms with Gasteiger partial charge in [-0.1, -0.05) is 24.2 Å². The van der Waals surface area contributed by atoms with E-state index in [1.807, 2.05) is 59.3 Å². The molecule has 7 heterocycles. The van der Waals surface area contributed by atoms with Crippen LogP contribution in [0.4, 0.5) is 0 Å². The molecule has 1 N–H and O–H groups in total. The number of hydrogen-bond acceptors (Lipinski definition) is 8. The van der Waals surface area contributed by atoms with Crippen molar-refractivity contribution in [2.45, 2.75) is 83.8 Å². The maximum absolute atomic E-state index is 14.8. The van der Waals surface area contributed by atoms with Crippen LogP contribution in [0.1, 0.15) is 90.1 Å². The third-order valence-electron chi connectivity index (χ3n) is 14.3. The van der Waals surface area contributed by atoms with Crippen molar-refractivity contribution in [3.63, 3.8) is 0 Å². The fraction of sp³-hybridized carbons (Fsp3) is 0.367. The molecule has 11 rings (SSSR count). The van der Waals surface area contributed by atoms with Crippen LogP contribution >= 0.6 is 0 Å². The molecule has 0 amide bonds. The summed E-state index contributed by atoms with van der Waals surface area (Å²) in [4.78, 5) is 32.6. The van der Waals surface area contributed by atoms with Gasteiger partial charge in [0.2, 0.25) is 0 Å². The topological polar surface area (TPSA) is 139 Å². The number of aromatic amines is 1. The van der Waals surface area contributed by atoms with E-state index in [9.17, 15) is 9.59 Å². The molecule has 1 aliphatic carbocycles. The second-order valence-electron chi connectivity index (χ2n) is 18.0. The highest BCUT2D eigenvalue weighted by atomic mass is 16.5. The first-order valence-electron chi connectivity index (χ1n) is 22.1. The van der Waals surface area contributed by atoms with E-state index in [0.29, 0.717) is 24.7 Å². The Morgan fingerprint density at radius 3 is 2.43 bits per heavy atom. The molecule has 1 saturated carbocycles. The Morgan fingerprint density at radius 1 is 0.937 bits per heavy atom. The van der Waals surface area contributed by atoms with Crippen molar-refractivity contribution >= 4 is 21.8 Å². The lowest BCUT2D eigenvalue weighted by Gasteiger charge is -2.34. The van der Waals surface area contributed by atoms with Gasteiger partial charge in [-0.3, -0.25) is 28.2 Å². The molecule has 5 aromatic heterocycles. The van der Waals surface area contributed by atoms with Crippen molar-refractivity contribution in [1.82, 2.24) is 48.3 Å². The standard InChI is InChI=1S/C49H52N10O4/c1-7-8-40-29(2)21-38(22-30(40)3)59-45(57-18-17-56(48(57)61)37-10-12-42-36(25-37)27-50-54(42)6)44-32(5)55(16-13-41(44)52-59)28-39-24-35-23-34(33-14-19-62-20-15-33)9-11-43(35)58(39)49(26-31(49)4)46-51-47(60)63-53-46/h7,9-12,17-18,21-25,27,31-33H,1,8,13-16,19-20,26,28H2,2-6H3,(H,51,53,60)/t31-,32-,49-/m0/s1. The van der Waals surface area contributed by atoms with Gasteiger partial charge in [0.05, 0.1) is 28.8 Å². The molecular weight excluding hydrogens is 793 g/mol. The molecule has 1 saturated heterocycles. The number of hydrogen-bond donors (Lipinski definition) is 1. The number of nitrogens with one attached hydrogen (secondary N) is 1. The lowest BCUT2D eigenvalue weighted by Crippen LogP contribution is -2.36. The predicted octanol–water partition coefficient (Wildman–Crippen LogP) is 7.47. The van der Waals surface area contributed by atoms with Crippen molar-refractivity contribution < 1.29 is 9.26 Å². The summed E-state index contributed by atoms with van der Waals surface area (Å²) < 4.78 is 20.5. The Labute approximate surface area is 364 Å². The van der Waals surface area contributed by atoms with Crippen LogP contribution in [0, 0.1) is 19.8 Å². The summed E-state index contributed by atoms with van der Waals surface area (Å²) in [7, 11) is 1.92. The van der Waals surface area contributed by atoms with Crippen LogP contribution in [0.5, 0.6) is 0 Å². The average Bonchev–Trinajstić information content (AvgIpc) is 3.90. The Kier molecular flexibility index (Phi) is 9.25. The van der Waals surface area contributed by atoms with Crippen molar-refractivity contribution in [3.05, 3.63) is 152 Å². The Morgan fingerprint density at radius 2 is 1.70 bits per heavy atom. The Hall–Kier alpha value is -6.51. The van der Waals surface area contributed by atoms with Crippen LogP contribution in [0.15, 0.2) is 100.0 Å². The molecule has 3 atom stereocenters. The largest absolute Gasteiger partial charge is 0.438 e. The molecule has 63 heavy (non-hydrogen) atoms. The second kappa shape index (κ2) is 14.8. The summed E-state index contributed by atoms with van der Waals surface area (Å²) in [6, 6.07) is 19.4. The Bertz CT molecular complexity index is 3200. The first-order chi connectivity index (χ1) is 30.5. The number of aromatic nitrogens is 9. The number of nitrogens with zero attached hydrogens (tertiary/aromatic N) is 9. The molecule has 2 aliphatic heterocycles. The number of allylic oxidation sites excluding steroid dienone is 1. The van der Waals surface area contributed by atoms with Gasteiger partial charge in [-0.2, -0.15) is 10.2 Å². The van der Waals surface area contributed by atoms with E-state index in [1.54, 1.807) is 9.13 Å². The summed E-state index contributed by atoms with van der Waals surface area (Å²) in [6.45, 7) is 15.7. The molecule has 3 aliphatic rings. The van der Waals surface area contributed by atoms with Gasteiger partial charge in [-0.05, 0) is 129 Å². The number of ether oxygens (including phenoxy) is 1. The highest BCUT2D eigenvalue weighted by Crippen LogP contribution is 2.56. The zero-order valence-electron chi connectivity index (χ0n) is 36.5. The molecule has 0 radical (unpaired) electrons. The van der Waals surface area contributed by atoms with Gasteiger partial charge in [-0.25, -0.2) is 14.3 Å². The molecule has 0 unspecified atom stereocenters. The number of fused-ring (bicyclic) bond motifs is 3. The van der Waals surface area contributed by atoms with E-state index in [1.165, 1.54) is 16.5 Å². The zero-order valence-corrected chi connectivity index (χ0v) is 36.5. The molecule has 8 aromatic rings. The van der Waals surface area contributed by atoms with E-state index in [2.05, 4.69) is 95.4 Å². The van der Waals surface area contributed by atoms with E-state index < -0.39 is 11.3 Å². The minimum atomic E-state index is -0.549. The van der Waals surface area contributed by atoms with Crippen molar-refractivity contribution in [1.29, 1.82) is 0 Å². The Balaban J connectivity index is 1.04. The summed E-state index contributed by atoms with van der Waals surface area (Å²) in [5.41, 5.74) is 11.0. The van der Waals surface area contributed by atoms with Gasteiger partial charge in [0.25, 0.3) is 0 Å². The maximum Gasteiger partial charge on any atom is 0.438 e. The van der Waals surface area contributed by atoms with Gasteiger partial charge in [0, 0.05) is 85.8 Å². The lowest BCUT2D eigenvalue weighted by atomic mass is 9.91. The second-order valence-corrected chi connectivity index (χ2v) is 18.0. The summed E-state index contributed by atoms with van der Waals surface area (Å²) in [5, 5.41) is 16.2. The van der Waals surface area contributed by atoms with Crippen LogP contribution in [0.2, 0.25) is 0 Å². The number of aryl methyl sites for hydroxylation is 3. The number of benzene rings is 3. The third-order valence-corrected chi connectivity index (χ3v) is 14.3. The lowest BCUT2D eigenvalue weighted by molar-refractivity contribution is 0.0853. The van der Waals surface area contributed by atoms with Crippen molar-refractivity contribution in [3.8, 4) is 17.2 Å². The summed E-state index contributed by atoms with van der Waals surface area (Å²) in [6.07, 6.45) is 11.8. The fourth-order valence-corrected chi connectivity index (χ4v) is 10.9. The first kappa shape index (κ1) is 39.3. The van der Waals surface area contributed by atoms with Crippen molar-refractivity contribution in [2.75, 3.05) is 19.8 Å². The van der Waals surface area contributed by atoms with Gasteiger partial charge in [0.15, 0.2) is 5.82 Å². The van der Waals surface area contributed by atoms with Crippen LogP contribution < -0.4 is 11.4 Å². The fourth-order valence-electron chi connectivity index (χ4n) is 10.9. The molecule has 14 nitrogen and oxygen atoms in total. The van der Waals surface area contributed by atoms with Crippen LogP contribution in [0.3, 0.4) is 0 Å². The van der Waals surface area contributed by atoms with E-state index in [4.69, 9.17) is 14.4 Å². The first-order valence-corrected chi connectivity index (χ1v) is 22.1. The third kappa shape index (κ3) is 6.24. The van der Waals surface area contributed by atoms with Gasteiger partial charge in [0.1, 0.15) is 11.4 Å². The summed E-state index contributed by atoms with van der Waals surface area (Å²) in [5.74, 6) is 1.41. The smallest absolute Gasteiger partial charge is 0.381 e. The number of rotatable bonds is 10. The monoisotopic (exact) mass is 844 g/mol. The molecule has 3 aromatic carbocycles. The van der Waals surface area contributed by atoms with Gasteiger partial charge in [-0.15, -0.1) is 6.58 Å². The average molecular weight is 845 g/mol. The zero-order chi connectivity index (χ0) is 43.3. The highest BCUT2D eigenvalue weighted by molar-refractivity contribution is 5.83. The SMILES string of the molecule is C=CCc1c(C)cc(-n2nc3c(c2-n2ccn(-c4ccc5c(cnn5C)c4)c2=O)[C@H](C)N(Cc2cc4cc(C5CCOCC5)ccc4n2[C@@]2(c4noc(=O)[nH]4)C[C@@H]2C)CC3)cc1C. The molecule has 0 bridgehead atoms. The van der Waals surface area contributed by atoms with E-state index in [0.717, 1.165) is 107 Å².